The van der Waals surface area contributed by atoms with Crippen LogP contribution in [-0.2, 0) is 4.74 Å². The molecule has 20 heavy (non-hydrogen) atoms. The Hall–Kier alpha value is -2.15. The summed E-state index contributed by atoms with van der Waals surface area (Å²) in [7, 11) is 4.31. The zero-order valence-electron chi connectivity index (χ0n) is 11.6. The second-order valence-corrected chi connectivity index (χ2v) is 4.90. The number of aryl methyl sites for hydroxylation is 1. The van der Waals surface area contributed by atoms with Gasteiger partial charge in [0.25, 0.3) is 0 Å². The first kappa shape index (κ1) is 14.3. The lowest BCUT2D eigenvalue weighted by atomic mass is 10.2. The van der Waals surface area contributed by atoms with Crippen LogP contribution < -0.4 is 9.47 Å². The van der Waals surface area contributed by atoms with Gasteiger partial charge in [-0.1, -0.05) is 0 Å². The molecular formula is C13H14N2O4S. The lowest BCUT2D eigenvalue weighted by Gasteiger charge is -2.12. The predicted octanol–water partition coefficient (Wildman–Crippen LogP) is 2.32. The second-order valence-electron chi connectivity index (χ2n) is 3.83. The molecule has 2 aromatic heterocycles. The summed E-state index contributed by atoms with van der Waals surface area (Å²) >= 11 is 1.49. The fourth-order valence-electron chi connectivity index (χ4n) is 1.71. The number of ether oxygens (including phenoxy) is 3. The summed E-state index contributed by atoms with van der Waals surface area (Å²) in [4.78, 5) is 20.3. The first-order chi connectivity index (χ1) is 9.60. The Morgan fingerprint density at radius 2 is 1.95 bits per heavy atom. The molecule has 7 heteroatoms. The molecule has 0 radical (unpaired) electrons. The standard InChI is InChI=1S/C13H14N2O4S/c1-7-14-9(6-20-7)11-12(18-3)10(17-2)5-8(15-11)13(16)19-4/h5-6H,1-4H3. The summed E-state index contributed by atoms with van der Waals surface area (Å²) in [6, 6.07) is 1.48. The number of thiazole rings is 1. The number of hydrogen-bond acceptors (Lipinski definition) is 7. The summed E-state index contributed by atoms with van der Waals surface area (Å²) in [5.41, 5.74) is 1.23. The number of rotatable bonds is 4. The highest BCUT2D eigenvalue weighted by molar-refractivity contribution is 7.09. The summed E-state index contributed by atoms with van der Waals surface area (Å²) in [6.07, 6.45) is 0. The molecule has 0 spiro atoms. The number of hydrogen-bond donors (Lipinski definition) is 0. The molecule has 0 bridgehead atoms. The van der Waals surface area contributed by atoms with Crippen molar-refractivity contribution in [1.82, 2.24) is 9.97 Å². The maximum Gasteiger partial charge on any atom is 0.356 e. The molecule has 0 atom stereocenters. The molecule has 2 aromatic rings. The maximum atomic E-state index is 11.7. The van der Waals surface area contributed by atoms with E-state index in [1.807, 2.05) is 12.3 Å². The third-order valence-electron chi connectivity index (χ3n) is 2.62. The number of methoxy groups -OCH3 is 3. The summed E-state index contributed by atoms with van der Waals surface area (Å²) in [6.45, 7) is 1.89. The van der Waals surface area contributed by atoms with Gasteiger partial charge in [0.15, 0.2) is 17.2 Å². The van der Waals surface area contributed by atoms with Gasteiger partial charge in [-0.3, -0.25) is 0 Å². The van der Waals surface area contributed by atoms with E-state index in [1.165, 1.54) is 38.7 Å². The summed E-state index contributed by atoms with van der Waals surface area (Å²) in [5.74, 6) is 0.299. The topological polar surface area (TPSA) is 70.5 Å². The maximum absolute atomic E-state index is 11.7. The minimum absolute atomic E-state index is 0.144. The smallest absolute Gasteiger partial charge is 0.356 e. The molecular weight excluding hydrogens is 280 g/mol. The second kappa shape index (κ2) is 5.87. The van der Waals surface area contributed by atoms with E-state index in [4.69, 9.17) is 9.47 Å². The van der Waals surface area contributed by atoms with Crippen LogP contribution in [0.5, 0.6) is 11.5 Å². The number of carbonyl (C=O) groups excluding carboxylic acids is 1. The van der Waals surface area contributed by atoms with Crippen LogP contribution in [0.15, 0.2) is 11.4 Å². The van der Waals surface area contributed by atoms with Gasteiger partial charge in [-0.05, 0) is 6.92 Å². The van der Waals surface area contributed by atoms with E-state index in [2.05, 4.69) is 14.7 Å². The quantitative estimate of drug-likeness (QED) is 0.806. The average Bonchev–Trinajstić information content (AvgIpc) is 2.91. The Balaban J connectivity index is 2.66. The van der Waals surface area contributed by atoms with Crippen LogP contribution in [0, 0.1) is 6.92 Å². The van der Waals surface area contributed by atoms with Crippen LogP contribution in [0.3, 0.4) is 0 Å². The van der Waals surface area contributed by atoms with Crippen LogP contribution in [0.4, 0.5) is 0 Å². The molecule has 0 fully saturated rings. The average molecular weight is 294 g/mol. The number of aromatic nitrogens is 2. The molecule has 2 heterocycles. The van der Waals surface area contributed by atoms with Crippen molar-refractivity contribution < 1.29 is 19.0 Å². The summed E-state index contributed by atoms with van der Waals surface area (Å²) in [5, 5.41) is 2.74. The molecule has 0 saturated carbocycles. The third kappa shape index (κ3) is 2.57. The lowest BCUT2D eigenvalue weighted by molar-refractivity contribution is 0.0593. The number of nitrogens with zero attached hydrogens (tertiary/aromatic N) is 2. The summed E-state index contributed by atoms with van der Waals surface area (Å²) < 4.78 is 15.3. The zero-order chi connectivity index (χ0) is 14.7. The van der Waals surface area contributed by atoms with Gasteiger partial charge in [0, 0.05) is 11.4 Å². The molecule has 0 aliphatic carbocycles. The van der Waals surface area contributed by atoms with Gasteiger partial charge in [0.05, 0.1) is 26.3 Å². The molecule has 0 aliphatic heterocycles. The first-order valence-electron chi connectivity index (χ1n) is 5.74. The van der Waals surface area contributed by atoms with E-state index in [-0.39, 0.29) is 5.69 Å². The Bertz CT molecular complexity index is 639. The molecule has 0 unspecified atom stereocenters. The van der Waals surface area contributed by atoms with Crippen LogP contribution in [-0.4, -0.2) is 37.3 Å². The molecule has 0 aromatic carbocycles. The van der Waals surface area contributed by atoms with Gasteiger partial charge < -0.3 is 14.2 Å². The van der Waals surface area contributed by atoms with Gasteiger partial charge in [0.1, 0.15) is 11.4 Å². The molecule has 0 amide bonds. The van der Waals surface area contributed by atoms with Crippen LogP contribution in [0.25, 0.3) is 11.4 Å². The van der Waals surface area contributed by atoms with Gasteiger partial charge in [0.2, 0.25) is 0 Å². The van der Waals surface area contributed by atoms with Crippen molar-refractivity contribution >= 4 is 17.3 Å². The van der Waals surface area contributed by atoms with Crippen LogP contribution in [0.1, 0.15) is 15.5 Å². The largest absolute Gasteiger partial charge is 0.493 e. The molecule has 0 saturated heterocycles. The van der Waals surface area contributed by atoms with Crippen molar-refractivity contribution in [3.8, 4) is 22.9 Å². The fraction of sp³-hybridized carbons (Fsp3) is 0.308. The number of pyridine rings is 1. The molecule has 106 valence electrons. The fourth-order valence-corrected chi connectivity index (χ4v) is 2.31. The van der Waals surface area contributed by atoms with Crippen molar-refractivity contribution in [1.29, 1.82) is 0 Å². The minimum Gasteiger partial charge on any atom is -0.493 e. The Labute approximate surface area is 120 Å². The first-order valence-corrected chi connectivity index (χ1v) is 6.62. The van der Waals surface area contributed by atoms with Gasteiger partial charge in [-0.25, -0.2) is 14.8 Å². The highest BCUT2D eigenvalue weighted by Gasteiger charge is 2.21. The van der Waals surface area contributed by atoms with Crippen LogP contribution >= 0.6 is 11.3 Å². The highest BCUT2D eigenvalue weighted by atomic mass is 32.1. The van der Waals surface area contributed by atoms with E-state index in [0.717, 1.165) is 5.01 Å². The highest BCUT2D eigenvalue weighted by Crippen LogP contribution is 2.37. The zero-order valence-corrected chi connectivity index (χ0v) is 12.4. The van der Waals surface area contributed by atoms with E-state index in [1.54, 1.807) is 0 Å². The van der Waals surface area contributed by atoms with Crippen LogP contribution in [0.2, 0.25) is 0 Å². The number of carbonyl (C=O) groups is 1. The normalized spacial score (nSPS) is 10.2. The van der Waals surface area contributed by atoms with Crippen molar-refractivity contribution in [2.75, 3.05) is 21.3 Å². The van der Waals surface area contributed by atoms with Crippen molar-refractivity contribution in [2.24, 2.45) is 0 Å². The van der Waals surface area contributed by atoms with Crippen molar-refractivity contribution in [3.63, 3.8) is 0 Å². The van der Waals surface area contributed by atoms with Gasteiger partial charge in [-0.2, -0.15) is 0 Å². The predicted molar refractivity (Wildman–Crippen MR) is 74.5 cm³/mol. The Kier molecular flexibility index (Phi) is 4.19. The molecule has 0 aliphatic rings. The van der Waals surface area contributed by atoms with E-state index < -0.39 is 5.97 Å². The van der Waals surface area contributed by atoms with Crippen molar-refractivity contribution in [2.45, 2.75) is 6.92 Å². The molecule has 6 nitrogen and oxygen atoms in total. The molecule has 0 N–H and O–H groups in total. The Morgan fingerprint density at radius 3 is 2.45 bits per heavy atom. The van der Waals surface area contributed by atoms with E-state index in [0.29, 0.717) is 22.9 Å². The Morgan fingerprint density at radius 1 is 1.20 bits per heavy atom. The monoisotopic (exact) mass is 294 g/mol. The SMILES string of the molecule is COC(=O)c1cc(OC)c(OC)c(-c2csc(C)n2)n1. The lowest BCUT2D eigenvalue weighted by Crippen LogP contribution is -2.07. The van der Waals surface area contributed by atoms with Gasteiger partial charge >= 0.3 is 5.97 Å². The third-order valence-corrected chi connectivity index (χ3v) is 3.39. The van der Waals surface area contributed by atoms with Crippen molar-refractivity contribution in [3.05, 3.63) is 22.1 Å². The minimum atomic E-state index is -0.542. The van der Waals surface area contributed by atoms with E-state index in [9.17, 15) is 4.79 Å². The number of esters is 1. The van der Waals surface area contributed by atoms with E-state index >= 15 is 0 Å². The molecule has 2 rings (SSSR count). The van der Waals surface area contributed by atoms with Gasteiger partial charge in [-0.15, -0.1) is 11.3 Å².